The third-order valence-corrected chi connectivity index (χ3v) is 2.85. The number of amides is 1. The van der Waals surface area contributed by atoms with E-state index in [1.54, 1.807) is 0 Å². The fourth-order valence-electron chi connectivity index (χ4n) is 1.65. The van der Waals surface area contributed by atoms with Crippen LogP contribution in [-0.4, -0.2) is 17.1 Å². The first-order valence-corrected chi connectivity index (χ1v) is 6.25. The van der Waals surface area contributed by atoms with Gasteiger partial charge >= 0.3 is 0 Å². The highest BCUT2D eigenvalue weighted by Gasteiger charge is 2.25. The maximum atomic E-state index is 11.7. The highest BCUT2D eigenvalue weighted by molar-refractivity contribution is 5.91. The second-order valence-electron chi connectivity index (χ2n) is 4.55. The Hall–Kier alpha value is -2.30. The summed E-state index contributed by atoms with van der Waals surface area (Å²) in [7, 11) is 0. The van der Waals surface area contributed by atoms with E-state index < -0.39 is 0 Å². The van der Waals surface area contributed by atoms with E-state index in [0.29, 0.717) is 18.5 Å². The predicted molar refractivity (Wildman–Crippen MR) is 67.8 cm³/mol. The molecule has 0 bridgehead atoms. The van der Waals surface area contributed by atoms with Crippen LogP contribution in [0.15, 0.2) is 40.9 Å². The normalized spacial score (nSPS) is 14.1. The lowest BCUT2D eigenvalue weighted by molar-refractivity contribution is 0.0913. The van der Waals surface area contributed by atoms with Gasteiger partial charge in [-0.2, -0.15) is 0 Å². The van der Waals surface area contributed by atoms with Crippen LogP contribution in [0.3, 0.4) is 0 Å². The van der Waals surface area contributed by atoms with Gasteiger partial charge in [-0.05, 0) is 23.6 Å². The smallest absolute Gasteiger partial charge is 0.290 e. The Morgan fingerprint density at radius 1 is 1.37 bits per heavy atom. The van der Waals surface area contributed by atoms with E-state index in [-0.39, 0.29) is 11.7 Å². The van der Waals surface area contributed by atoms with Crippen molar-refractivity contribution >= 4 is 5.91 Å². The van der Waals surface area contributed by atoms with Crippen LogP contribution in [0.4, 0.5) is 0 Å². The average Bonchev–Trinajstić information content (AvgIpc) is 3.12. The molecule has 2 aromatic rings. The lowest BCUT2D eigenvalue weighted by Gasteiger charge is -2.00. The highest BCUT2D eigenvalue weighted by Crippen LogP contribution is 2.20. The summed E-state index contributed by atoms with van der Waals surface area (Å²) >= 11 is 0. The Bertz CT molecular complexity index is 561. The van der Waals surface area contributed by atoms with Crippen LogP contribution in [0.1, 0.15) is 29.0 Å². The van der Waals surface area contributed by atoms with E-state index >= 15 is 0 Å². The Kier molecular flexibility index (Phi) is 3.18. The SMILES string of the molecule is O=C(NC1CC1)c1cc(OCc2ccccc2)no1. The number of rotatable bonds is 5. The van der Waals surface area contributed by atoms with Gasteiger partial charge in [0, 0.05) is 6.04 Å². The molecule has 1 aromatic heterocycles. The van der Waals surface area contributed by atoms with E-state index in [0.717, 1.165) is 18.4 Å². The first-order valence-electron chi connectivity index (χ1n) is 6.25. The zero-order chi connectivity index (χ0) is 13.1. The molecule has 1 aromatic carbocycles. The van der Waals surface area contributed by atoms with Crippen molar-refractivity contribution in [3.05, 3.63) is 47.7 Å². The standard InChI is InChI=1S/C14H14N2O3/c17-14(15-11-6-7-11)12-8-13(16-19-12)18-9-10-4-2-1-3-5-10/h1-5,8,11H,6-7,9H2,(H,15,17). The minimum Gasteiger partial charge on any atom is -0.471 e. The molecule has 1 heterocycles. The molecule has 0 aliphatic heterocycles. The van der Waals surface area contributed by atoms with Crippen molar-refractivity contribution < 1.29 is 14.1 Å². The fraction of sp³-hybridized carbons (Fsp3) is 0.286. The van der Waals surface area contributed by atoms with E-state index in [4.69, 9.17) is 9.26 Å². The van der Waals surface area contributed by atoms with Gasteiger partial charge < -0.3 is 14.6 Å². The third kappa shape index (κ3) is 3.13. The Labute approximate surface area is 110 Å². The molecule has 0 atom stereocenters. The first kappa shape index (κ1) is 11.8. The molecule has 1 aliphatic rings. The van der Waals surface area contributed by atoms with Crippen molar-refractivity contribution in [3.8, 4) is 5.88 Å². The molecule has 1 fully saturated rings. The second kappa shape index (κ2) is 5.14. The van der Waals surface area contributed by atoms with Crippen LogP contribution < -0.4 is 10.1 Å². The molecule has 5 heteroatoms. The Morgan fingerprint density at radius 2 is 2.16 bits per heavy atom. The first-order chi connectivity index (χ1) is 9.31. The van der Waals surface area contributed by atoms with Gasteiger partial charge in [0.15, 0.2) is 0 Å². The van der Waals surface area contributed by atoms with Gasteiger partial charge in [0.1, 0.15) is 6.61 Å². The van der Waals surface area contributed by atoms with E-state index in [1.165, 1.54) is 6.07 Å². The summed E-state index contributed by atoms with van der Waals surface area (Å²) in [6, 6.07) is 11.6. The molecule has 0 unspecified atom stereocenters. The van der Waals surface area contributed by atoms with Crippen LogP contribution >= 0.6 is 0 Å². The molecule has 19 heavy (non-hydrogen) atoms. The lowest BCUT2D eigenvalue weighted by Crippen LogP contribution is -2.24. The Balaban J connectivity index is 1.57. The third-order valence-electron chi connectivity index (χ3n) is 2.85. The van der Waals surface area contributed by atoms with Gasteiger partial charge in [-0.1, -0.05) is 30.3 Å². The van der Waals surface area contributed by atoms with Crippen molar-refractivity contribution in [2.24, 2.45) is 0 Å². The number of carbonyl (C=O) groups excluding carboxylic acids is 1. The molecule has 1 amide bonds. The maximum absolute atomic E-state index is 11.7. The number of aromatic nitrogens is 1. The van der Waals surface area contributed by atoms with E-state index in [2.05, 4.69) is 10.5 Å². The molecule has 0 spiro atoms. The molecular formula is C14H14N2O3. The molecule has 3 rings (SSSR count). The number of nitrogens with one attached hydrogen (secondary N) is 1. The monoisotopic (exact) mass is 258 g/mol. The minimum absolute atomic E-state index is 0.190. The number of nitrogens with zero attached hydrogens (tertiary/aromatic N) is 1. The summed E-state index contributed by atoms with van der Waals surface area (Å²) in [5.41, 5.74) is 1.04. The number of hydrogen-bond donors (Lipinski definition) is 1. The number of carbonyl (C=O) groups is 1. The van der Waals surface area contributed by atoms with Gasteiger partial charge in [0.25, 0.3) is 11.8 Å². The molecular weight excluding hydrogens is 244 g/mol. The van der Waals surface area contributed by atoms with Crippen molar-refractivity contribution in [1.29, 1.82) is 0 Å². The van der Waals surface area contributed by atoms with E-state index in [1.807, 2.05) is 30.3 Å². The summed E-state index contributed by atoms with van der Waals surface area (Å²) in [4.78, 5) is 11.7. The topological polar surface area (TPSA) is 64.4 Å². The quantitative estimate of drug-likeness (QED) is 0.892. The lowest BCUT2D eigenvalue weighted by atomic mass is 10.2. The van der Waals surface area contributed by atoms with Crippen molar-refractivity contribution in [2.45, 2.75) is 25.5 Å². The predicted octanol–water partition coefficient (Wildman–Crippen LogP) is 2.15. The zero-order valence-electron chi connectivity index (χ0n) is 10.3. The summed E-state index contributed by atoms with van der Waals surface area (Å²) in [6.07, 6.45) is 2.08. The molecule has 1 saturated carbocycles. The summed E-state index contributed by atoms with van der Waals surface area (Å²) in [6.45, 7) is 0.400. The van der Waals surface area contributed by atoms with Gasteiger partial charge in [-0.3, -0.25) is 4.79 Å². The van der Waals surface area contributed by atoms with Crippen LogP contribution in [0, 0.1) is 0 Å². The van der Waals surface area contributed by atoms with Gasteiger partial charge in [-0.15, -0.1) is 0 Å². The van der Waals surface area contributed by atoms with Crippen molar-refractivity contribution in [3.63, 3.8) is 0 Å². The summed E-state index contributed by atoms with van der Waals surface area (Å²) < 4.78 is 10.4. The molecule has 1 aliphatic carbocycles. The van der Waals surface area contributed by atoms with Gasteiger partial charge in [-0.25, -0.2) is 0 Å². The van der Waals surface area contributed by atoms with Gasteiger partial charge in [0.2, 0.25) is 5.76 Å². The second-order valence-corrected chi connectivity index (χ2v) is 4.55. The maximum Gasteiger partial charge on any atom is 0.290 e. The van der Waals surface area contributed by atoms with E-state index in [9.17, 15) is 4.79 Å². The van der Waals surface area contributed by atoms with Crippen molar-refractivity contribution in [1.82, 2.24) is 10.5 Å². The fourth-order valence-corrected chi connectivity index (χ4v) is 1.65. The zero-order valence-corrected chi connectivity index (χ0v) is 10.3. The Morgan fingerprint density at radius 3 is 2.89 bits per heavy atom. The number of hydrogen-bond acceptors (Lipinski definition) is 4. The largest absolute Gasteiger partial charge is 0.471 e. The van der Waals surface area contributed by atoms with Crippen LogP contribution in [0.5, 0.6) is 5.88 Å². The van der Waals surface area contributed by atoms with Crippen LogP contribution in [-0.2, 0) is 6.61 Å². The molecule has 98 valence electrons. The summed E-state index contributed by atoms with van der Waals surface area (Å²) in [5, 5.41) is 6.55. The number of ether oxygens (including phenoxy) is 1. The van der Waals surface area contributed by atoms with Crippen LogP contribution in [0.25, 0.3) is 0 Å². The molecule has 0 saturated heterocycles. The molecule has 0 radical (unpaired) electrons. The minimum atomic E-state index is -0.232. The number of benzene rings is 1. The summed E-state index contributed by atoms with van der Waals surface area (Å²) in [5.74, 6) is 0.282. The van der Waals surface area contributed by atoms with Crippen molar-refractivity contribution in [2.75, 3.05) is 0 Å². The van der Waals surface area contributed by atoms with Crippen LogP contribution in [0.2, 0.25) is 0 Å². The van der Waals surface area contributed by atoms with Gasteiger partial charge in [0.05, 0.1) is 6.07 Å². The highest BCUT2D eigenvalue weighted by atomic mass is 16.5. The molecule has 1 N–H and O–H groups in total. The average molecular weight is 258 g/mol. The molecule has 5 nitrogen and oxygen atoms in total.